The number of amides is 1. The molecule has 0 spiro atoms. The van der Waals surface area contributed by atoms with Crippen molar-refractivity contribution < 1.29 is 14.1 Å². The van der Waals surface area contributed by atoms with Gasteiger partial charge in [-0.15, -0.1) is 0 Å². The third-order valence-corrected chi connectivity index (χ3v) is 5.88. The van der Waals surface area contributed by atoms with E-state index in [2.05, 4.69) is 26.1 Å². The number of hydrogen-bond donors (Lipinski definition) is 0. The Labute approximate surface area is 183 Å². The molecule has 1 atom stereocenters. The SMILES string of the molecule is COc1ccc(-c2noc(N3CCCC(C(=O)N(C)c4ccc(Br)cc4)C3)n2)cc1. The Morgan fingerprint density at radius 3 is 2.63 bits per heavy atom. The molecule has 0 aliphatic carbocycles. The second-order valence-corrected chi connectivity index (χ2v) is 8.20. The van der Waals surface area contributed by atoms with Gasteiger partial charge in [-0.3, -0.25) is 4.79 Å². The predicted molar refractivity (Wildman–Crippen MR) is 119 cm³/mol. The molecule has 1 fully saturated rings. The van der Waals surface area contributed by atoms with Crippen LogP contribution in [0.2, 0.25) is 0 Å². The van der Waals surface area contributed by atoms with Gasteiger partial charge in [0.25, 0.3) is 0 Å². The maximum Gasteiger partial charge on any atom is 0.324 e. The molecule has 2 aromatic carbocycles. The van der Waals surface area contributed by atoms with Gasteiger partial charge in [0.05, 0.1) is 13.0 Å². The first kappa shape index (κ1) is 20.4. The van der Waals surface area contributed by atoms with E-state index in [0.717, 1.165) is 40.9 Å². The largest absolute Gasteiger partial charge is 0.497 e. The number of aromatic nitrogens is 2. The lowest BCUT2D eigenvalue weighted by Crippen LogP contribution is -2.44. The minimum absolute atomic E-state index is 0.0944. The molecule has 1 aromatic heterocycles. The molecule has 7 nitrogen and oxygen atoms in total. The fourth-order valence-corrected chi connectivity index (χ4v) is 3.88. The van der Waals surface area contributed by atoms with Gasteiger partial charge in [0.1, 0.15) is 5.75 Å². The van der Waals surface area contributed by atoms with Gasteiger partial charge in [-0.25, -0.2) is 0 Å². The number of ether oxygens (including phenoxy) is 1. The quantitative estimate of drug-likeness (QED) is 0.550. The lowest BCUT2D eigenvalue weighted by atomic mass is 9.96. The van der Waals surface area contributed by atoms with Crippen LogP contribution in [0.15, 0.2) is 57.5 Å². The average Bonchev–Trinajstić information content (AvgIpc) is 3.29. The number of rotatable bonds is 5. The van der Waals surface area contributed by atoms with Crippen LogP contribution in [-0.2, 0) is 4.79 Å². The highest BCUT2D eigenvalue weighted by atomic mass is 79.9. The van der Waals surface area contributed by atoms with Crippen LogP contribution in [0, 0.1) is 5.92 Å². The van der Waals surface area contributed by atoms with E-state index in [1.165, 1.54) is 0 Å². The Balaban J connectivity index is 1.45. The first-order valence-corrected chi connectivity index (χ1v) is 10.6. The highest BCUT2D eigenvalue weighted by molar-refractivity contribution is 9.10. The Morgan fingerprint density at radius 2 is 1.93 bits per heavy atom. The first-order valence-electron chi connectivity index (χ1n) is 9.81. The highest BCUT2D eigenvalue weighted by Crippen LogP contribution is 2.27. The molecule has 0 N–H and O–H groups in total. The number of nitrogens with zero attached hydrogens (tertiary/aromatic N) is 4. The molecule has 0 saturated carbocycles. The van der Waals surface area contributed by atoms with Crippen molar-refractivity contribution >= 4 is 33.5 Å². The molecule has 1 unspecified atom stereocenters. The summed E-state index contributed by atoms with van der Waals surface area (Å²) in [7, 11) is 3.45. The topological polar surface area (TPSA) is 71.7 Å². The summed E-state index contributed by atoms with van der Waals surface area (Å²) in [5.74, 6) is 1.27. The molecule has 1 amide bonds. The van der Waals surface area contributed by atoms with Crippen molar-refractivity contribution in [1.82, 2.24) is 10.1 Å². The van der Waals surface area contributed by atoms with Gasteiger partial charge in [0.15, 0.2) is 0 Å². The Bertz CT molecular complexity index is 1000. The zero-order valence-corrected chi connectivity index (χ0v) is 18.5. The van der Waals surface area contributed by atoms with E-state index in [9.17, 15) is 4.79 Å². The van der Waals surface area contributed by atoms with Crippen LogP contribution in [0.1, 0.15) is 12.8 Å². The van der Waals surface area contributed by atoms with E-state index in [1.807, 2.05) is 60.5 Å². The summed E-state index contributed by atoms with van der Waals surface area (Å²) < 4.78 is 11.7. The second-order valence-electron chi connectivity index (χ2n) is 7.29. The standard InChI is InChI=1S/C22H23BrN4O3/c1-26(18-9-7-17(23)8-10-18)21(28)16-4-3-13-27(14-16)22-24-20(25-30-22)15-5-11-19(29-2)12-6-15/h5-12,16H,3-4,13-14H2,1-2H3. The van der Waals surface area contributed by atoms with Crippen LogP contribution in [0.25, 0.3) is 11.4 Å². The number of piperidine rings is 1. The molecule has 1 aliphatic heterocycles. The average molecular weight is 471 g/mol. The summed E-state index contributed by atoms with van der Waals surface area (Å²) in [6.07, 6.45) is 1.74. The normalized spacial score (nSPS) is 16.4. The molecule has 30 heavy (non-hydrogen) atoms. The van der Waals surface area contributed by atoms with Crippen LogP contribution in [0.4, 0.5) is 11.7 Å². The summed E-state index contributed by atoms with van der Waals surface area (Å²) in [6, 6.07) is 15.7. The minimum atomic E-state index is -0.122. The Hall–Kier alpha value is -2.87. The molecule has 1 aliphatic rings. The predicted octanol–water partition coefficient (Wildman–Crippen LogP) is 4.39. The van der Waals surface area contributed by atoms with Gasteiger partial charge in [-0.1, -0.05) is 21.1 Å². The molecule has 1 saturated heterocycles. The first-order chi connectivity index (χ1) is 14.5. The summed E-state index contributed by atoms with van der Waals surface area (Å²) >= 11 is 3.43. The molecule has 0 bridgehead atoms. The smallest absolute Gasteiger partial charge is 0.324 e. The number of carbonyl (C=O) groups is 1. The molecule has 0 radical (unpaired) electrons. The lowest BCUT2D eigenvalue weighted by Gasteiger charge is -2.32. The number of methoxy groups -OCH3 is 1. The van der Waals surface area contributed by atoms with Gasteiger partial charge >= 0.3 is 6.01 Å². The van der Waals surface area contributed by atoms with E-state index in [4.69, 9.17) is 9.26 Å². The van der Waals surface area contributed by atoms with Crippen molar-refractivity contribution in [2.75, 3.05) is 37.0 Å². The van der Waals surface area contributed by atoms with Crippen molar-refractivity contribution in [1.29, 1.82) is 0 Å². The van der Waals surface area contributed by atoms with Crippen molar-refractivity contribution in [3.63, 3.8) is 0 Å². The maximum absolute atomic E-state index is 13.1. The molecular weight excluding hydrogens is 448 g/mol. The van der Waals surface area contributed by atoms with E-state index >= 15 is 0 Å². The van der Waals surface area contributed by atoms with E-state index in [-0.39, 0.29) is 11.8 Å². The Morgan fingerprint density at radius 1 is 1.20 bits per heavy atom. The molecule has 2 heterocycles. The summed E-state index contributed by atoms with van der Waals surface area (Å²) in [6.45, 7) is 1.35. The van der Waals surface area contributed by atoms with Gasteiger partial charge < -0.3 is 19.1 Å². The number of anilines is 2. The lowest BCUT2D eigenvalue weighted by molar-refractivity contribution is -0.122. The van der Waals surface area contributed by atoms with Crippen LogP contribution in [0.5, 0.6) is 5.75 Å². The summed E-state index contributed by atoms with van der Waals surface area (Å²) in [5, 5.41) is 4.11. The van der Waals surface area contributed by atoms with Crippen LogP contribution in [0.3, 0.4) is 0 Å². The van der Waals surface area contributed by atoms with Gasteiger partial charge in [0, 0.05) is 35.9 Å². The van der Waals surface area contributed by atoms with Gasteiger partial charge in [0.2, 0.25) is 11.7 Å². The fourth-order valence-electron chi connectivity index (χ4n) is 3.62. The molecule has 8 heteroatoms. The van der Waals surface area contributed by atoms with Crippen LogP contribution in [-0.4, -0.2) is 43.3 Å². The van der Waals surface area contributed by atoms with E-state index in [1.54, 1.807) is 12.0 Å². The zero-order valence-electron chi connectivity index (χ0n) is 16.9. The van der Waals surface area contributed by atoms with E-state index < -0.39 is 0 Å². The summed E-state index contributed by atoms with van der Waals surface area (Å²) in [5.41, 5.74) is 1.73. The van der Waals surface area contributed by atoms with Gasteiger partial charge in [-0.2, -0.15) is 4.98 Å². The van der Waals surface area contributed by atoms with Crippen LogP contribution < -0.4 is 14.5 Å². The molecule has 4 rings (SSSR count). The minimum Gasteiger partial charge on any atom is -0.497 e. The number of benzene rings is 2. The fraction of sp³-hybridized carbons (Fsp3) is 0.318. The maximum atomic E-state index is 13.1. The van der Waals surface area contributed by atoms with E-state index in [0.29, 0.717) is 18.4 Å². The third-order valence-electron chi connectivity index (χ3n) is 5.35. The van der Waals surface area contributed by atoms with Crippen LogP contribution >= 0.6 is 15.9 Å². The van der Waals surface area contributed by atoms with Gasteiger partial charge in [-0.05, 0) is 61.4 Å². The van der Waals surface area contributed by atoms with Crippen molar-refractivity contribution in [3.8, 4) is 17.1 Å². The zero-order chi connectivity index (χ0) is 21.1. The molecule has 3 aromatic rings. The van der Waals surface area contributed by atoms with Crippen molar-refractivity contribution in [2.24, 2.45) is 5.92 Å². The number of hydrogen-bond acceptors (Lipinski definition) is 6. The molecular formula is C22H23BrN4O3. The Kier molecular flexibility index (Phi) is 6.03. The van der Waals surface area contributed by atoms with Crippen molar-refractivity contribution in [2.45, 2.75) is 12.8 Å². The summed E-state index contributed by atoms with van der Waals surface area (Å²) in [4.78, 5) is 21.3. The van der Waals surface area contributed by atoms with Crippen molar-refractivity contribution in [3.05, 3.63) is 53.0 Å². The second kappa shape index (κ2) is 8.87. The number of halogens is 1. The monoisotopic (exact) mass is 470 g/mol. The number of carbonyl (C=O) groups excluding carboxylic acids is 1. The third kappa shape index (κ3) is 4.33. The highest BCUT2D eigenvalue weighted by Gasteiger charge is 2.30. The molecule has 156 valence electrons.